The molecule has 226 valence electrons. The van der Waals surface area contributed by atoms with Gasteiger partial charge in [0, 0.05) is 5.70 Å². The Labute approximate surface area is 237 Å². The van der Waals surface area contributed by atoms with Crippen LogP contribution in [0.1, 0.15) is 151 Å². The number of rotatable bonds is 23. The van der Waals surface area contributed by atoms with Gasteiger partial charge in [0.25, 0.3) is 0 Å². The van der Waals surface area contributed by atoms with E-state index < -0.39 is 0 Å². The highest BCUT2D eigenvalue weighted by Gasteiger charge is 2.13. The molecule has 0 radical (unpaired) electrons. The normalized spacial score (nSPS) is 10.2. The van der Waals surface area contributed by atoms with Crippen LogP contribution in [0.3, 0.4) is 0 Å². The zero-order valence-electron chi connectivity index (χ0n) is 27.8. The smallest absolute Gasteiger partial charge is 0.0957 e. The van der Waals surface area contributed by atoms with Gasteiger partial charge < -0.3 is 15.1 Å². The molecular weight excluding hydrogens is 450 g/mol. The van der Waals surface area contributed by atoms with Crippen LogP contribution >= 0.6 is 0 Å². The maximum Gasteiger partial charge on any atom is 0.0957 e. The fraction of sp³-hybridized carbons (Fsp3) is 0.882. The first-order valence-electron chi connectivity index (χ1n) is 16.3. The van der Waals surface area contributed by atoms with Crippen molar-refractivity contribution in [2.45, 2.75) is 151 Å². The summed E-state index contributed by atoms with van der Waals surface area (Å²) in [6.07, 6.45) is 24.5. The number of nitrogens with zero attached hydrogens (tertiary/aromatic N) is 1. The molecule has 0 aliphatic carbocycles. The molecule has 0 unspecified atom stereocenters. The Morgan fingerprint density at radius 1 is 0.649 bits per heavy atom. The number of hydrogen-bond acceptors (Lipinski definition) is 2. The minimum Gasteiger partial charge on any atom is -0.383 e. The number of hydrogen-bond donors (Lipinski definition) is 2. The summed E-state index contributed by atoms with van der Waals surface area (Å²) in [7, 11) is 6.70. The molecule has 0 aromatic rings. The summed E-state index contributed by atoms with van der Waals surface area (Å²) in [5.74, 6) is 0. The summed E-state index contributed by atoms with van der Waals surface area (Å²) in [5, 5.41) is 6.72. The van der Waals surface area contributed by atoms with E-state index in [4.69, 9.17) is 0 Å². The lowest BCUT2D eigenvalue weighted by Crippen LogP contribution is -2.44. The van der Waals surface area contributed by atoms with Gasteiger partial charge in [-0.3, -0.25) is 0 Å². The summed E-state index contributed by atoms with van der Waals surface area (Å²) in [4.78, 5) is 0. The van der Waals surface area contributed by atoms with E-state index in [2.05, 4.69) is 65.6 Å². The van der Waals surface area contributed by atoms with Crippen LogP contribution in [0.2, 0.25) is 0 Å². The summed E-state index contributed by atoms with van der Waals surface area (Å²) in [6.45, 7) is 25.4. The van der Waals surface area contributed by atoms with E-state index in [0.717, 1.165) is 24.0 Å². The van der Waals surface area contributed by atoms with Gasteiger partial charge in [-0.15, -0.1) is 6.58 Å². The van der Waals surface area contributed by atoms with Gasteiger partial charge in [-0.1, -0.05) is 118 Å². The van der Waals surface area contributed by atoms with Crippen molar-refractivity contribution in [2.24, 2.45) is 0 Å². The second kappa shape index (κ2) is 39.7. The average Bonchev–Trinajstić information content (AvgIpc) is 2.88. The lowest BCUT2D eigenvalue weighted by Gasteiger charge is -2.30. The van der Waals surface area contributed by atoms with Crippen LogP contribution in [0, 0.1) is 0 Å². The highest BCUT2D eigenvalue weighted by atomic mass is 15.3. The molecule has 0 aliphatic heterocycles. The van der Waals surface area contributed by atoms with Crippen LogP contribution in [0.25, 0.3) is 0 Å². The van der Waals surface area contributed by atoms with Crippen molar-refractivity contribution in [1.82, 2.24) is 10.6 Å². The van der Waals surface area contributed by atoms with Crippen LogP contribution in [0.15, 0.2) is 24.9 Å². The van der Waals surface area contributed by atoms with E-state index in [9.17, 15) is 0 Å². The maximum absolute atomic E-state index is 4.17. The van der Waals surface area contributed by atoms with Crippen molar-refractivity contribution < 1.29 is 4.48 Å². The molecule has 37 heavy (non-hydrogen) atoms. The molecule has 0 saturated carbocycles. The Kier molecular flexibility index (Phi) is 46.4. The third-order valence-electron chi connectivity index (χ3n) is 6.33. The summed E-state index contributed by atoms with van der Waals surface area (Å²) in [6, 6.07) is 0. The summed E-state index contributed by atoms with van der Waals surface area (Å²) in [5.41, 5.74) is 1.23. The lowest BCUT2D eigenvalue weighted by atomic mass is 10.1. The Hall–Kier alpha value is -0.800. The Morgan fingerprint density at radius 2 is 1.16 bits per heavy atom. The van der Waals surface area contributed by atoms with Gasteiger partial charge in [0.15, 0.2) is 0 Å². The van der Waals surface area contributed by atoms with Gasteiger partial charge in [0.2, 0.25) is 0 Å². The monoisotopic (exact) mass is 527 g/mol. The third kappa shape index (κ3) is 48.8. The van der Waals surface area contributed by atoms with Gasteiger partial charge in [0.1, 0.15) is 0 Å². The predicted octanol–water partition coefficient (Wildman–Crippen LogP) is 10.3. The van der Waals surface area contributed by atoms with Gasteiger partial charge in [-0.05, 0) is 58.5 Å². The fourth-order valence-corrected chi connectivity index (χ4v) is 3.76. The van der Waals surface area contributed by atoms with Gasteiger partial charge >= 0.3 is 0 Å². The van der Waals surface area contributed by atoms with E-state index in [1.54, 1.807) is 0 Å². The first kappa shape index (κ1) is 43.3. The second-order valence-electron chi connectivity index (χ2n) is 10.7. The molecule has 0 spiro atoms. The van der Waals surface area contributed by atoms with Crippen molar-refractivity contribution in [2.75, 3.05) is 47.3 Å². The van der Waals surface area contributed by atoms with Crippen molar-refractivity contribution in [3.05, 3.63) is 24.9 Å². The predicted molar refractivity (Wildman–Crippen MR) is 176 cm³/mol. The quantitative estimate of drug-likeness (QED) is 0.0786. The van der Waals surface area contributed by atoms with Crippen molar-refractivity contribution in [3.8, 4) is 0 Å². The standard InChI is InChI=1S/C19H42N3.C8H16.C5H12.C2H6/c1-6-7-13-17-22(4,5)18-16-21-19(2)14-11-9-8-10-12-15-20-3;1-3-5-7-8-6-4-2;1-3-5-4-2;1-2/h20-21H,2,6-18H2,1,3-5H3;3H,1,4-8H2,2H3;3-5H2,1-2H3;1-2H3/q+1;;;. The molecule has 0 atom stereocenters. The minimum absolute atomic E-state index is 1.06. The third-order valence-corrected chi connectivity index (χ3v) is 6.33. The van der Waals surface area contributed by atoms with Crippen LogP contribution in [0.4, 0.5) is 0 Å². The van der Waals surface area contributed by atoms with Crippen LogP contribution < -0.4 is 10.6 Å². The topological polar surface area (TPSA) is 24.1 Å². The number of likely N-dealkylation sites (N-methyl/N-ethyl adjacent to an activating group) is 1. The summed E-state index contributed by atoms with van der Waals surface area (Å²) >= 11 is 0. The minimum atomic E-state index is 1.06. The average molecular weight is 527 g/mol. The van der Waals surface area contributed by atoms with E-state index in [-0.39, 0.29) is 0 Å². The molecule has 0 fully saturated rings. The molecule has 0 amide bonds. The van der Waals surface area contributed by atoms with Gasteiger partial charge in [-0.2, -0.15) is 0 Å². The molecule has 0 saturated heterocycles. The molecule has 2 N–H and O–H groups in total. The SMILES string of the molecule is C=C(CCCCCCCNC)NCC[N+](C)(C)CCCCC.C=CCCCCCC.CC.CCCCC. The zero-order chi connectivity index (χ0) is 29.0. The van der Waals surface area contributed by atoms with E-state index >= 15 is 0 Å². The second-order valence-corrected chi connectivity index (χ2v) is 10.7. The Bertz CT molecular complexity index is 402. The fourth-order valence-electron chi connectivity index (χ4n) is 3.76. The highest BCUT2D eigenvalue weighted by molar-refractivity contribution is 4.90. The van der Waals surface area contributed by atoms with Crippen molar-refractivity contribution >= 4 is 0 Å². The van der Waals surface area contributed by atoms with Crippen LogP contribution in [0.5, 0.6) is 0 Å². The molecular formula is C34H76N3+. The van der Waals surface area contributed by atoms with Crippen molar-refractivity contribution in [1.29, 1.82) is 0 Å². The Morgan fingerprint density at radius 3 is 1.68 bits per heavy atom. The molecule has 0 bridgehead atoms. The first-order valence-corrected chi connectivity index (χ1v) is 16.3. The van der Waals surface area contributed by atoms with Crippen LogP contribution in [-0.2, 0) is 0 Å². The summed E-state index contributed by atoms with van der Waals surface area (Å²) < 4.78 is 1.12. The lowest BCUT2D eigenvalue weighted by molar-refractivity contribution is -0.889. The number of unbranched alkanes of at least 4 members (excludes halogenated alkanes) is 12. The molecule has 0 heterocycles. The Balaban J connectivity index is -0.000000296. The van der Waals surface area contributed by atoms with Gasteiger partial charge in [0.05, 0.1) is 33.7 Å². The molecule has 0 aliphatic rings. The largest absolute Gasteiger partial charge is 0.383 e. The van der Waals surface area contributed by atoms with E-state index in [1.807, 2.05) is 27.0 Å². The number of allylic oxidation sites excluding steroid dienone is 2. The first-order chi connectivity index (χ1) is 17.8. The van der Waals surface area contributed by atoms with Crippen LogP contribution in [-0.4, -0.2) is 51.8 Å². The highest BCUT2D eigenvalue weighted by Crippen LogP contribution is 2.08. The van der Waals surface area contributed by atoms with E-state index in [0.29, 0.717) is 0 Å². The maximum atomic E-state index is 4.17. The van der Waals surface area contributed by atoms with E-state index in [1.165, 1.54) is 122 Å². The molecule has 3 heteroatoms. The molecule has 3 nitrogen and oxygen atoms in total. The molecule has 0 aromatic heterocycles. The number of quaternary nitrogens is 1. The molecule has 0 aromatic carbocycles. The zero-order valence-corrected chi connectivity index (χ0v) is 27.8. The van der Waals surface area contributed by atoms with Crippen molar-refractivity contribution in [3.63, 3.8) is 0 Å². The molecule has 0 rings (SSSR count). The van der Waals surface area contributed by atoms with Gasteiger partial charge in [-0.25, -0.2) is 0 Å². The number of nitrogens with one attached hydrogen (secondary N) is 2.